The van der Waals surface area contributed by atoms with E-state index in [4.69, 9.17) is 43.1 Å². The number of carbonyl (C=O) groups is 6. The lowest BCUT2D eigenvalue weighted by Gasteiger charge is -2.48. The molecule has 0 heterocycles. The Bertz CT molecular complexity index is 1260. The molecular formula is C21H33O24P3. The van der Waals surface area contributed by atoms with E-state index >= 15 is 0 Å². The van der Waals surface area contributed by atoms with Gasteiger partial charge in [-0.25, -0.2) is 28.1 Å². The van der Waals surface area contributed by atoms with Crippen molar-refractivity contribution in [2.24, 2.45) is 0 Å². The van der Waals surface area contributed by atoms with Crippen molar-refractivity contribution in [3.63, 3.8) is 0 Å². The van der Waals surface area contributed by atoms with Crippen molar-refractivity contribution in [1.82, 2.24) is 0 Å². The van der Waals surface area contributed by atoms with Gasteiger partial charge < -0.3 is 44.2 Å². The number of hydrogen-bond acceptors (Lipinski definition) is 18. The molecule has 0 aromatic carbocycles. The minimum Gasteiger partial charge on any atom is -0.480 e. The van der Waals surface area contributed by atoms with Gasteiger partial charge in [-0.3, -0.25) is 41.5 Å². The second-order valence-electron chi connectivity index (χ2n) is 9.04. The Hall–Kier alpha value is -2.85. The van der Waals surface area contributed by atoms with Gasteiger partial charge in [0.25, 0.3) is 0 Å². The molecule has 9 atom stereocenters. The zero-order valence-corrected chi connectivity index (χ0v) is 27.8. The highest BCUT2D eigenvalue weighted by Crippen LogP contribution is 2.55. The van der Waals surface area contributed by atoms with Crippen molar-refractivity contribution in [3.8, 4) is 0 Å². The van der Waals surface area contributed by atoms with Crippen LogP contribution in [0.4, 0.5) is 0 Å². The van der Waals surface area contributed by atoms with Gasteiger partial charge in [0, 0.05) is 19.3 Å². The van der Waals surface area contributed by atoms with Crippen LogP contribution in [0.3, 0.4) is 0 Å². The van der Waals surface area contributed by atoms with Crippen molar-refractivity contribution >= 4 is 59.3 Å². The maximum Gasteiger partial charge on any atom is 0.473 e. The fourth-order valence-electron chi connectivity index (χ4n) is 3.55. The number of esters is 3. The predicted octanol–water partition coefficient (Wildman–Crippen LogP) is -0.274. The highest BCUT2D eigenvalue weighted by molar-refractivity contribution is 7.48. The molecule has 1 saturated carbocycles. The molecule has 3 unspecified atom stereocenters. The van der Waals surface area contributed by atoms with E-state index in [0.717, 1.165) is 0 Å². The average molecular weight is 762 g/mol. The van der Waals surface area contributed by atoms with Crippen LogP contribution in [-0.2, 0) is 83.8 Å². The molecule has 1 rings (SSSR count). The van der Waals surface area contributed by atoms with Crippen LogP contribution in [0.1, 0.15) is 40.0 Å². The topological polar surface area (TPSA) is 358 Å². The van der Waals surface area contributed by atoms with Crippen LogP contribution in [0.5, 0.6) is 0 Å². The van der Waals surface area contributed by atoms with Crippen molar-refractivity contribution < 1.29 is 114 Å². The van der Waals surface area contributed by atoms with Crippen molar-refractivity contribution in [2.75, 3.05) is 19.8 Å². The number of phosphoric acid groups is 3. The normalized spacial score (nSPS) is 26.1. The van der Waals surface area contributed by atoms with Crippen LogP contribution in [0.15, 0.2) is 0 Å². The van der Waals surface area contributed by atoms with Crippen molar-refractivity contribution in [1.29, 1.82) is 0 Å². The van der Waals surface area contributed by atoms with Crippen LogP contribution < -0.4 is 0 Å². The minimum atomic E-state index is -5.81. The number of carboxylic acid groups (broad SMARTS) is 3. The summed E-state index contributed by atoms with van der Waals surface area (Å²) in [5.74, 6) is -9.16. The zero-order valence-electron chi connectivity index (χ0n) is 25.1. The first-order valence-electron chi connectivity index (χ1n) is 13.3. The smallest absolute Gasteiger partial charge is 0.473 e. The number of phosphoric ester groups is 3. The van der Waals surface area contributed by atoms with Crippen LogP contribution >= 0.6 is 23.5 Å². The van der Waals surface area contributed by atoms with E-state index in [2.05, 4.69) is 13.6 Å². The van der Waals surface area contributed by atoms with Gasteiger partial charge in [-0.05, 0) is 0 Å². The second kappa shape index (κ2) is 18.8. The summed E-state index contributed by atoms with van der Waals surface area (Å²) in [7, 11) is -17.3. The molecule has 1 aliphatic rings. The molecule has 0 spiro atoms. The van der Waals surface area contributed by atoms with E-state index < -0.39 is 135 Å². The maximum absolute atomic E-state index is 12.9. The third-order valence-electron chi connectivity index (χ3n) is 5.43. The molecule has 0 amide bonds. The lowest BCUT2D eigenvalue weighted by molar-refractivity contribution is -0.241. The standard InChI is InChI=1S/C21H33O24P3/c1-4-13(28)40-16-17(41-14(29)5-2)19(43-46(31,32)37-7-10(22)23)21(45-48(35,36)39-9-12(26)27)20(18(16)42-15(30)6-3)44-47(33,34)38-8-11(24)25/h16-21H,4-9H2,1-3H3,(H,22,23)(H,24,25)(H,26,27)(H,31,32)(H,33,34)(H,35,36)/t16-,17-,18+,19-,20-,21-/m0/s1. The first-order chi connectivity index (χ1) is 22.1. The number of hydrogen-bond donors (Lipinski definition) is 6. The van der Waals surface area contributed by atoms with Gasteiger partial charge >= 0.3 is 59.3 Å². The summed E-state index contributed by atoms with van der Waals surface area (Å²) in [4.78, 5) is 102. The monoisotopic (exact) mass is 762 g/mol. The predicted molar refractivity (Wildman–Crippen MR) is 145 cm³/mol. The first-order valence-corrected chi connectivity index (χ1v) is 17.8. The maximum atomic E-state index is 12.9. The van der Waals surface area contributed by atoms with Gasteiger partial charge in [0.2, 0.25) is 0 Å². The summed E-state index contributed by atoms with van der Waals surface area (Å²) in [6, 6.07) is 0. The lowest BCUT2D eigenvalue weighted by atomic mass is 9.84. The average Bonchev–Trinajstić information content (AvgIpc) is 2.98. The molecule has 24 nitrogen and oxygen atoms in total. The van der Waals surface area contributed by atoms with Gasteiger partial charge in [-0.15, -0.1) is 0 Å². The largest absolute Gasteiger partial charge is 0.480 e. The van der Waals surface area contributed by atoms with Crippen molar-refractivity contribution in [2.45, 2.75) is 76.7 Å². The quantitative estimate of drug-likeness (QED) is 0.0497. The van der Waals surface area contributed by atoms with Crippen LogP contribution in [0, 0.1) is 0 Å². The van der Waals surface area contributed by atoms with E-state index in [1.54, 1.807) is 0 Å². The number of rotatable bonds is 21. The molecule has 0 aromatic heterocycles. The summed E-state index contributed by atoms with van der Waals surface area (Å²) in [5.41, 5.74) is 0. The molecule has 1 fully saturated rings. The van der Waals surface area contributed by atoms with Crippen molar-refractivity contribution in [3.05, 3.63) is 0 Å². The number of ether oxygens (including phenoxy) is 3. The second-order valence-corrected chi connectivity index (χ2v) is 13.3. The summed E-state index contributed by atoms with van der Waals surface area (Å²) in [6.45, 7) is -0.948. The zero-order chi connectivity index (χ0) is 37.0. The SMILES string of the molecule is CCC(=O)O[C@@H]1[C@@H](OC(=O)CC)[C@H](OP(=O)(O)OCC(=O)O)[C@@H](OP(=O)(O)OCC(=O)O)[C@@H](OP(=O)(O)OCC(=O)O)[C@H]1OC(=O)CC. The third kappa shape index (κ3) is 14.7. The minimum absolute atomic E-state index is 0.467. The molecule has 0 bridgehead atoms. The highest BCUT2D eigenvalue weighted by Gasteiger charge is 2.62. The van der Waals surface area contributed by atoms with Gasteiger partial charge in [0.05, 0.1) is 0 Å². The third-order valence-corrected chi connectivity index (χ3v) is 8.33. The van der Waals surface area contributed by atoms with Gasteiger partial charge in [0.1, 0.15) is 18.3 Å². The molecule has 27 heteroatoms. The number of aliphatic carboxylic acids is 3. The summed E-state index contributed by atoms with van der Waals surface area (Å²) in [6.07, 6.45) is -16.7. The molecule has 0 radical (unpaired) electrons. The van der Waals surface area contributed by atoms with E-state index in [9.17, 15) is 57.1 Å². The van der Waals surface area contributed by atoms with Gasteiger partial charge in [-0.2, -0.15) is 0 Å². The molecule has 276 valence electrons. The van der Waals surface area contributed by atoms with Gasteiger partial charge in [0.15, 0.2) is 38.1 Å². The first kappa shape index (κ1) is 43.2. The van der Waals surface area contributed by atoms with Crippen LogP contribution in [0.25, 0.3) is 0 Å². The summed E-state index contributed by atoms with van der Waals surface area (Å²) >= 11 is 0. The molecule has 0 saturated heterocycles. The summed E-state index contributed by atoms with van der Waals surface area (Å²) < 4.78 is 81.9. The molecule has 0 aliphatic heterocycles. The Morgan fingerprint density at radius 1 is 0.458 bits per heavy atom. The van der Waals surface area contributed by atoms with E-state index in [1.165, 1.54) is 20.8 Å². The Balaban J connectivity index is 4.15. The Kier molecular flexibility index (Phi) is 16.9. The molecule has 6 N–H and O–H groups in total. The molecule has 0 aromatic rings. The fraction of sp³-hybridized carbons (Fsp3) is 0.714. The molecular weight excluding hydrogens is 729 g/mol. The lowest BCUT2D eigenvalue weighted by Crippen LogP contribution is -2.68. The van der Waals surface area contributed by atoms with Crippen LogP contribution in [-0.4, -0.2) is 122 Å². The van der Waals surface area contributed by atoms with E-state index in [1.807, 2.05) is 0 Å². The van der Waals surface area contributed by atoms with Crippen LogP contribution in [0.2, 0.25) is 0 Å². The van der Waals surface area contributed by atoms with E-state index in [0.29, 0.717) is 0 Å². The number of carboxylic acids is 3. The molecule has 48 heavy (non-hydrogen) atoms. The fourth-order valence-corrected chi connectivity index (χ4v) is 6.20. The molecule has 1 aliphatic carbocycles. The highest BCUT2D eigenvalue weighted by atomic mass is 31.2. The Morgan fingerprint density at radius 3 is 0.875 bits per heavy atom. The Labute approximate surface area is 269 Å². The summed E-state index contributed by atoms with van der Waals surface area (Å²) in [5, 5.41) is 26.6. The number of carbonyl (C=O) groups excluding carboxylic acids is 3. The van der Waals surface area contributed by atoms with E-state index in [-0.39, 0.29) is 0 Å². The van der Waals surface area contributed by atoms with Gasteiger partial charge in [-0.1, -0.05) is 20.8 Å². The Morgan fingerprint density at radius 2 is 0.667 bits per heavy atom.